The first-order chi connectivity index (χ1) is 11.2. The fourth-order valence-electron chi connectivity index (χ4n) is 1.92. The van der Waals surface area contributed by atoms with Gasteiger partial charge < -0.3 is 9.64 Å². The van der Waals surface area contributed by atoms with Gasteiger partial charge in [-0.25, -0.2) is 5.43 Å². The average molecular weight is 311 g/mol. The Hall–Kier alpha value is -2.66. The molecule has 0 atom stereocenters. The van der Waals surface area contributed by atoms with Crippen molar-refractivity contribution in [2.45, 2.75) is 6.61 Å². The fourth-order valence-corrected chi connectivity index (χ4v) is 1.92. The molecule has 5 heteroatoms. The first-order valence-corrected chi connectivity index (χ1v) is 7.38. The lowest BCUT2D eigenvalue weighted by Crippen LogP contribution is -2.18. The quantitative estimate of drug-likeness (QED) is 0.486. The summed E-state index contributed by atoms with van der Waals surface area (Å²) in [6.07, 6.45) is 1.54. The van der Waals surface area contributed by atoms with Crippen molar-refractivity contribution in [3.05, 3.63) is 65.7 Å². The van der Waals surface area contributed by atoms with E-state index in [0.717, 1.165) is 11.3 Å². The number of hydrazone groups is 1. The normalized spacial score (nSPS) is 10.7. The van der Waals surface area contributed by atoms with Gasteiger partial charge in [-0.3, -0.25) is 4.79 Å². The summed E-state index contributed by atoms with van der Waals surface area (Å²) in [5, 5.41) is 3.88. The molecule has 0 radical (unpaired) electrons. The lowest BCUT2D eigenvalue weighted by molar-refractivity contribution is 0.0954. The number of carbonyl (C=O) groups excluding carboxylic acids is 1. The van der Waals surface area contributed by atoms with E-state index in [2.05, 4.69) is 10.5 Å². The summed E-state index contributed by atoms with van der Waals surface area (Å²) in [6.45, 7) is 0.863. The van der Waals surface area contributed by atoms with Crippen molar-refractivity contribution in [3.63, 3.8) is 0 Å². The topological polar surface area (TPSA) is 53.9 Å². The van der Waals surface area contributed by atoms with Crippen molar-refractivity contribution >= 4 is 17.8 Å². The van der Waals surface area contributed by atoms with Gasteiger partial charge in [0.15, 0.2) is 0 Å². The molecule has 0 fully saturated rings. The summed E-state index contributed by atoms with van der Waals surface area (Å²) in [4.78, 5) is 13.9. The van der Waals surface area contributed by atoms with Crippen LogP contribution in [-0.4, -0.2) is 32.8 Å². The first-order valence-electron chi connectivity index (χ1n) is 7.38. The standard InChI is InChI=1S/C18H21N3O2/c1-21(2)17-10-8-16(9-11-17)18(22)20-19-12-13-23-14-15-6-4-3-5-7-15/h3-12H,13-14H2,1-2H3,(H,20,22)/b19-12+. The highest BCUT2D eigenvalue weighted by Crippen LogP contribution is 2.11. The van der Waals surface area contributed by atoms with E-state index in [0.29, 0.717) is 18.8 Å². The second-order valence-electron chi connectivity index (χ2n) is 5.19. The molecule has 2 aromatic carbocycles. The Morgan fingerprint density at radius 3 is 2.48 bits per heavy atom. The highest BCUT2D eigenvalue weighted by Gasteiger charge is 2.04. The Bertz CT molecular complexity index is 637. The Morgan fingerprint density at radius 1 is 1.13 bits per heavy atom. The SMILES string of the molecule is CN(C)c1ccc(C(=O)N/N=C/COCc2ccccc2)cc1. The molecule has 0 heterocycles. The summed E-state index contributed by atoms with van der Waals surface area (Å²) >= 11 is 0. The molecule has 0 aliphatic rings. The van der Waals surface area contributed by atoms with Crippen LogP contribution in [0.3, 0.4) is 0 Å². The van der Waals surface area contributed by atoms with E-state index >= 15 is 0 Å². The molecule has 0 bridgehead atoms. The van der Waals surface area contributed by atoms with E-state index < -0.39 is 0 Å². The summed E-state index contributed by atoms with van der Waals surface area (Å²) in [6, 6.07) is 17.2. The Kier molecular flexibility index (Phi) is 6.32. The van der Waals surface area contributed by atoms with Crippen molar-refractivity contribution in [3.8, 4) is 0 Å². The number of rotatable bonds is 7. The molecule has 2 aromatic rings. The molecule has 0 saturated carbocycles. The second kappa shape index (κ2) is 8.70. The van der Waals surface area contributed by atoms with Crippen LogP contribution < -0.4 is 10.3 Å². The minimum Gasteiger partial charge on any atom is -0.378 e. The average Bonchev–Trinajstić information content (AvgIpc) is 2.58. The van der Waals surface area contributed by atoms with Crippen LogP contribution in [0.15, 0.2) is 59.7 Å². The number of nitrogens with zero attached hydrogens (tertiary/aromatic N) is 2. The van der Waals surface area contributed by atoms with Crippen molar-refractivity contribution in [2.24, 2.45) is 5.10 Å². The summed E-state index contributed by atoms with van der Waals surface area (Å²) < 4.78 is 5.44. The van der Waals surface area contributed by atoms with Gasteiger partial charge >= 0.3 is 0 Å². The van der Waals surface area contributed by atoms with Gasteiger partial charge in [0.2, 0.25) is 0 Å². The molecule has 0 aliphatic heterocycles. The maximum absolute atomic E-state index is 11.9. The van der Waals surface area contributed by atoms with E-state index in [4.69, 9.17) is 4.74 Å². The number of amides is 1. The van der Waals surface area contributed by atoms with Crippen LogP contribution in [0, 0.1) is 0 Å². The molecule has 0 unspecified atom stereocenters. The zero-order valence-electron chi connectivity index (χ0n) is 13.4. The zero-order valence-corrected chi connectivity index (χ0v) is 13.4. The molecule has 0 saturated heterocycles. The minimum absolute atomic E-state index is 0.241. The van der Waals surface area contributed by atoms with Crippen LogP contribution in [0.25, 0.3) is 0 Å². The Labute approximate surface area is 136 Å². The number of hydrogen-bond donors (Lipinski definition) is 1. The van der Waals surface area contributed by atoms with Gasteiger partial charge in [0.1, 0.15) is 0 Å². The number of benzene rings is 2. The number of hydrogen-bond acceptors (Lipinski definition) is 4. The lowest BCUT2D eigenvalue weighted by Gasteiger charge is -2.12. The van der Waals surface area contributed by atoms with E-state index in [1.54, 1.807) is 12.1 Å². The molecular weight excluding hydrogens is 290 g/mol. The van der Waals surface area contributed by atoms with Crippen molar-refractivity contribution in [1.29, 1.82) is 0 Å². The number of nitrogens with one attached hydrogen (secondary N) is 1. The van der Waals surface area contributed by atoms with Gasteiger partial charge in [0, 0.05) is 25.3 Å². The van der Waals surface area contributed by atoms with E-state index in [1.165, 1.54) is 6.21 Å². The monoisotopic (exact) mass is 311 g/mol. The highest BCUT2D eigenvalue weighted by molar-refractivity contribution is 5.94. The number of carbonyl (C=O) groups is 1. The third-order valence-electron chi connectivity index (χ3n) is 3.21. The molecule has 0 spiro atoms. The lowest BCUT2D eigenvalue weighted by atomic mass is 10.2. The molecule has 1 N–H and O–H groups in total. The van der Waals surface area contributed by atoms with Gasteiger partial charge in [0.05, 0.1) is 19.4 Å². The summed E-state index contributed by atoms with van der Waals surface area (Å²) in [5.41, 5.74) is 5.19. The smallest absolute Gasteiger partial charge is 0.271 e. The Morgan fingerprint density at radius 2 is 1.83 bits per heavy atom. The van der Waals surface area contributed by atoms with Crippen LogP contribution in [-0.2, 0) is 11.3 Å². The molecule has 0 aliphatic carbocycles. The molecule has 120 valence electrons. The Balaban J connectivity index is 1.71. The van der Waals surface area contributed by atoms with Gasteiger partial charge in [0.25, 0.3) is 5.91 Å². The maximum atomic E-state index is 11.9. The third kappa shape index (κ3) is 5.56. The molecule has 1 amide bonds. The largest absolute Gasteiger partial charge is 0.378 e. The van der Waals surface area contributed by atoms with Crippen molar-refractivity contribution in [1.82, 2.24) is 5.43 Å². The maximum Gasteiger partial charge on any atom is 0.271 e. The number of anilines is 1. The minimum atomic E-state index is -0.241. The van der Waals surface area contributed by atoms with Gasteiger partial charge in [-0.15, -0.1) is 0 Å². The predicted octanol–water partition coefficient (Wildman–Crippen LogP) is 2.69. The third-order valence-corrected chi connectivity index (χ3v) is 3.21. The van der Waals surface area contributed by atoms with Crippen LogP contribution in [0.4, 0.5) is 5.69 Å². The van der Waals surface area contributed by atoms with E-state index in [1.807, 2.05) is 61.5 Å². The van der Waals surface area contributed by atoms with Crippen molar-refractivity contribution in [2.75, 3.05) is 25.6 Å². The fraction of sp³-hybridized carbons (Fsp3) is 0.222. The van der Waals surface area contributed by atoms with E-state index in [-0.39, 0.29) is 5.91 Å². The van der Waals surface area contributed by atoms with Gasteiger partial charge in [-0.2, -0.15) is 5.10 Å². The summed E-state index contributed by atoms with van der Waals surface area (Å²) in [5.74, 6) is -0.241. The molecule has 2 rings (SSSR count). The zero-order chi connectivity index (χ0) is 16.5. The van der Waals surface area contributed by atoms with E-state index in [9.17, 15) is 4.79 Å². The van der Waals surface area contributed by atoms with Crippen LogP contribution in [0.2, 0.25) is 0 Å². The van der Waals surface area contributed by atoms with Gasteiger partial charge in [-0.05, 0) is 29.8 Å². The molecule has 0 aromatic heterocycles. The second-order valence-corrected chi connectivity index (χ2v) is 5.19. The highest BCUT2D eigenvalue weighted by atomic mass is 16.5. The van der Waals surface area contributed by atoms with Gasteiger partial charge in [-0.1, -0.05) is 30.3 Å². The molecule has 23 heavy (non-hydrogen) atoms. The van der Waals surface area contributed by atoms with Crippen molar-refractivity contribution < 1.29 is 9.53 Å². The van der Waals surface area contributed by atoms with Crippen LogP contribution >= 0.6 is 0 Å². The predicted molar refractivity (Wildman–Crippen MR) is 92.8 cm³/mol. The van der Waals surface area contributed by atoms with Crippen LogP contribution in [0.1, 0.15) is 15.9 Å². The summed E-state index contributed by atoms with van der Waals surface area (Å²) in [7, 11) is 3.91. The number of ether oxygens (including phenoxy) is 1. The van der Waals surface area contributed by atoms with Crippen LogP contribution in [0.5, 0.6) is 0 Å². The molecular formula is C18H21N3O2. The molecule has 5 nitrogen and oxygen atoms in total. The first kappa shape index (κ1) is 16.7.